The van der Waals surface area contributed by atoms with Gasteiger partial charge in [0.2, 0.25) is 0 Å². The normalized spacial score (nSPS) is 10.7. The molecule has 2 aromatic carbocycles. The van der Waals surface area contributed by atoms with Crippen LogP contribution in [0.15, 0.2) is 42.5 Å². The molecule has 0 amide bonds. The summed E-state index contributed by atoms with van der Waals surface area (Å²) in [6.45, 7) is 2.10. The van der Waals surface area contributed by atoms with E-state index in [0.29, 0.717) is 0 Å². The van der Waals surface area contributed by atoms with Gasteiger partial charge in [-0.25, -0.2) is 4.39 Å². The molecule has 0 aliphatic carbocycles. The molecule has 2 heteroatoms. The smallest absolute Gasteiger partial charge is 0.123 e. The highest BCUT2D eigenvalue weighted by Crippen LogP contribution is 2.15. The van der Waals surface area contributed by atoms with Crippen LogP contribution in [-0.2, 0) is 25.9 Å². The molecule has 0 aromatic heterocycles. The summed E-state index contributed by atoms with van der Waals surface area (Å²) in [5, 5.41) is 9.25. The van der Waals surface area contributed by atoms with E-state index < -0.39 is 0 Å². The number of halogens is 1. The maximum absolute atomic E-state index is 13.2. The van der Waals surface area contributed by atoms with Gasteiger partial charge in [-0.2, -0.15) is 0 Å². The molecule has 0 atom stereocenters. The van der Waals surface area contributed by atoms with Crippen LogP contribution in [0, 0.1) is 5.82 Å². The number of aliphatic hydroxyl groups is 1. The molecule has 2 rings (SSSR count). The fourth-order valence-electron chi connectivity index (χ4n) is 2.20. The molecule has 0 radical (unpaired) electrons. The number of aryl methyl sites for hydroxylation is 3. The third-order valence-corrected chi connectivity index (χ3v) is 3.45. The first kappa shape index (κ1) is 13.8. The van der Waals surface area contributed by atoms with E-state index in [1.807, 2.05) is 0 Å². The molecule has 0 bridgehead atoms. The Hall–Kier alpha value is -1.67. The first-order valence-electron chi connectivity index (χ1n) is 6.69. The molecule has 1 N–H and O–H groups in total. The van der Waals surface area contributed by atoms with Gasteiger partial charge < -0.3 is 5.11 Å². The van der Waals surface area contributed by atoms with Crippen molar-refractivity contribution in [2.24, 2.45) is 0 Å². The minimum Gasteiger partial charge on any atom is -0.392 e. The van der Waals surface area contributed by atoms with Crippen LogP contribution >= 0.6 is 0 Å². The van der Waals surface area contributed by atoms with E-state index in [1.165, 1.54) is 23.3 Å². The summed E-state index contributed by atoms with van der Waals surface area (Å²) in [7, 11) is 0. The third kappa shape index (κ3) is 3.65. The highest BCUT2D eigenvalue weighted by molar-refractivity contribution is 5.29. The van der Waals surface area contributed by atoms with Crippen LogP contribution in [-0.4, -0.2) is 5.11 Å². The Labute approximate surface area is 113 Å². The zero-order valence-corrected chi connectivity index (χ0v) is 11.2. The third-order valence-electron chi connectivity index (χ3n) is 3.45. The number of rotatable bonds is 5. The van der Waals surface area contributed by atoms with Crippen molar-refractivity contribution in [1.82, 2.24) is 0 Å². The molecule has 0 spiro atoms. The molecule has 0 unspecified atom stereocenters. The predicted octanol–water partition coefficient (Wildman–Crippen LogP) is 3.67. The molecule has 0 saturated carbocycles. The Morgan fingerprint density at radius 3 is 2.21 bits per heavy atom. The topological polar surface area (TPSA) is 20.2 Å². The molecule has 0 aliphatic heterocycles. The van der Waals surface area contributed by atoms with Crippen LogP contribution in [0.2, 0.25) is 0 Å². The van der Waals surface area contributed by atoms with Crippen molar-refractivity contribution in [3.8, 4) is 0 Å². The van der Waals surface area contributed by atoms with Gasteiger partial charge in [-0.05, 0) is 53.6 Å². The van der Waals surface area contributed by atoms with Gasteiger partial charge in [0.15, 0.2) is 0 Å². The molecule has 0 heterocycles. The molecule has 0 saturated heterocycles. The van der Waals surface area contributed by atoms with Gasteiger partial charge in [-0.3, -0.25) is 0 Å². The predicted molar refractivity (Wildman–Crippen MR) is 75.6 cm³/mol. The van der Waals surface area contributed by atoms with E-state index >= 15 is 0 Å². The van der Waals surface area contributed by atoms with E-state index in [9.17, 15) is 9.50 Å². The number of hydrogen-bond donors (Lipinski definition) is 1. The van der Waals surface area contributed by atoms with Crippen LogP contribution in [0.1, 0.15) is 29.2 Å². The standard InChI is InChI=1S/C17H19FO/c1-2-13-3-5-14(6-4-13)7-8-15-11-17(18)10-9-16(15)12-19/h3-6,9-11,19H,2,7-8,12H2,1H3. The second-order valence-corrected chi connectivity index (χ2v) is 4.74. The molecule has 0 fully saturated rings. The number of aliphatic hydroxyl groups excluding tert-OH is 1. The highest BCUT2D eigenvalue weighted by atomic mass is 19.1. The Morgan fingerprint density at radius 1 is 0.895 bits per heavy atom. The SMILES string of the molecule is CCc1ccc(CCc2cc(F)ccc2CO)cc1. The summed E-state index contributed by atoms with van der Waals surface area (Å²) in [5.74, 6) is -0.242. The lowest BCUT2D eigenvalue weighted by atomic mass is 9.99. The Balaban J connectivity index is 2.07. The van der Waals surface area contributed by atoms with Gasteiger partial charge in [0.25, 0.3) is 0 Å². The van der Waals surface area contributed by atoms with Crippen LogP contribution in [0.4, 0.5) is 4.39 Å². The quantitative estimate of drug-likeness (QED) is 0.867. The lowest BCUT2D eigenvalue weighted by molar-refractivity contribution is 0.280. The van der Waals surface area contributed by atoms with Crippen molar-refractivity contribution < 1.29 is 9.50 Å². The Kier molecular flexibility index (Phi) is 4.69. The zero-order valence-electron chi connectivity index (χ0n) is 11.2. The van der Waals surface area contributed by atoms with E-state index in [-0.39, 0.29) is 12.4 Å². The van der Waals surface area contributed by atoms with Gasteiger partial charge in [-0.1, -0.05) is 37.3 Å². The highest BCUT2D eigenvalue weighted by Gasteiger charge is 2.04. The number of hydrogen-bond acceptors (Lipinski definition) is 1. The minimum absolute atomic E-state index is 0.0373. The molecular weight excluding hydrogens is 239 g/mol. The second kappa shape index (κ2) is 6.48. The van der Waals surface area contributed by atoms with Gasteiger partial charge in [0.1, 0.15) is 5.82 Å². The monoisotopic (exact) mass is 258 g/mol. The van der Waals surface area contributed by atoms with Crippen LogP contribution in [0.25, 0.3) is 0 Å². The number of benzene rings is 2. The van der Waals surface area contributed by atoms with Crippen LogP contribution in [0.5, 0.6) is 0 Å². The summed E-state index contributed by atoms with van der Waals surface area (Å²) in [6, 6.07) is 13.1. The summed E-state index contributed by atoms with van der Waals surface area (Å²) >= 11 is 0. The Bertz CT molecular complexity index is 531. The van der Waals surface area contributed by atoms with Crippen molar-refractivity contribution in [3.63, 3.8) is 0 Å². The first-order valence-corrected chi connectivity index (χ1v) is 6.69. The molecule has 1 nitrogen and oxygen atoms in total. The van der Waals surface area contributed by atoms with Crippen molar-refractivity contribution in [3.05, 3.63) is 70.5 Å². The fraction of sp³-hybridized carbons (Fsp3) is 0.294. The summed E-state index contributed by atoms with van der Waals surface area (Å²) < 4.78 is 13.2. The maximum atomic E-state index is 13.2. The van der Waals surface area contributed by atoms with E-state index in [0.717, 1.165) is 30.4 Å². The fourth-order valence-corrected chi connectivity index (χ4v) is 2.20. The van der Waals surface area contributed by atoms with Gasteiger partial charge in [0, 0.05) is 0 Å². The average Bonchev–Trinajstić information content (AvgIpc) is 2.46. The minimum atomic E-state index is -0.242. The lowest BCUT2D eigenvalue weighted by Gasteiger charge is -2.08. The van der Waals surface area contributed by atoms with Crippen molar-refractivity contribution in [2.75, 3.05) is 0 Å². The molecular formula is C17H19FO. The van der Waals surface area contributed by atoms with Crippen LogP contribution in [0.3, 0.4) is 0 Å². The summed E-state index contributed by atoms with van der Waals surface area (Å²) in [5.41, 5.74) is 4.27. The van der Waals surface area contributed by atoms with Crippen molar-refractivity contribution >= 4 is 0 Å². The van der Waals surface area contributed by atoms with E-state index in [2.05, 4.69) is 31.2 Å². The zero-order chi connectivity index (χ0) is 13.7. The molecule has 100 valence electrons. The second-order valence-electron chi connectivity index (χ2n) is 4.74. The average molecular weight is 258 g/mol. The van der Waals surface area contributed by atoms with Crippen molar-refractivity contribution in [1.29, 1.82) is 0 Å². The molecule has 0 aliphatic rings. The van der Waals surface area contributed by atoms with Gasteiger partial charge in [-0.15, -0.1) is 0 Å². The Morgan fingerprint density at radius 2 is 1.58 bits per heavy atom. The molecule has 19 heavy (non-hydrogen) atoms. The van der Waals surface area contributed by atoms with E-state index in [1.54, 1.807) is 6.07 Å². The van der Waals surface area contributed by atoms with Gasteiger partial charge >= 0.3 is 0 Å². The first-order chi connectivity index (χ1) is 9.22. The molecule has 2 aromatic rings. The van der Waals surface area contributed by atoms with Crippen LogP contribution < -0.4 is 0 Å². The van der Waals surface area contributed by atoms with Gasteiger partial charge in [0.05, 0.1) is 6.61 Å². The largest absolute Gasteiger partial charge is 0.392 e. The summed E-state index contributed by atoms with van der Waals surface area (Å²) in [4.78, 5) is 0. The van der Waals surface area contributed by atoms with E-state index in [4.69, 9.17) is 0 Å². The maximum Gasteiger partial charge on any atom is 0.123 e. The lowest BCUT2D eigenvalue weighted by Crippen LogP contribution is -1.98. The summed E-state index contributed by atoms with van der Waals surface area (Å²) in [6.07, 6.45) is 2.65. The van der Waals surface area contributed by atoms with Crippen molar-refractivity contribution in [2.45, 2.75) is 32.8 Å².